The van der Waals surface area contributed by atoms with E-state index in [1.54, 1.807) is 0 Å². The highest BCUT2D eigenvalue weighted by Gasteiger charge is 2.14. The van der Waals surface area contributed by atoms with Crippen molar-refractivity contribution in [3.63, 3.8) is 0 Å². The van der Waals surface area contributed by atoms with Gasteiger partial charge in [0.15, 0.2) is 0 Å². The fourth-order valence-electron chi connectivity index (χ4n) is 0.914. The van der Waals surface area contributed by atoms with Crippen molar-refractivity contribution in [2.24, 2.45) is 0 Å². The molecule has 1 unspecified atom stereocenters. The highest BCUT2D eigenvalue weighted by Crippen LogP contribution is 2.25. The lowest BCUT2D eigenvalue weighted by molar-refractivity contribution is -0.137. The summed E-state index contributed by atoms with van der Waals surface area (Å²) in [6.45, 7) is 1.41. The van der Waals surface area contributed by atoms with E-state index in [0.717, 1.165) is 0 Å². The fraction of sp³-hybridized carbons (Fsp3) is 0.222. The van der Waals surface area contributed by atoms with Crippen LogP contribution in [0.1, 0.15) is 6.92 Å². The predicted molar refractivity (Wildman–Crippen MR) is 52.1 cm³/mol. The van der Waals surface area contributed by atoms with Crippen LogP contribution in [-0.2, 0) is 4.79 Å². The fourth-order valence-corrected chi connectivity index (χ4v) is 1.13. The Labute approximate surface area is 85.5 Å². The van der Waals surface area contributed by atoms with Crippen molar-refractivity contribution in [2.75, 3.05) is 5.32 Å². The van der Waals surface area contributed by atoms with E-state index in [2.05, 4.69) is 5.32 Å². The molecule has 1 atom stereocenters. The van der Waals surface area contributed by atoms with Crippen LogP contribution >= 0.6 is 11.6 Å². The summed E-state index contributed by atoms with van der Waals surface area (Å²) in [7, 11) is 0. The number of carboxylic acids is 1. The molecule has 0 aliphatic carbocycles. The SMILES string of the molecule is CC(Nc1c(F)cccc1Cl)C(=O)O. The zero-order chi connectivity index (χ0) is 10.7. The highest BCUT2D eigenvalue weighted by molar-refractivity contribution is 6.33. The van der Waals surface area contributed by atoms with Crippen LogP contribution in [0.4, 0.5) is 10.1 Å². The predicted octanol–water partition coefficient (Wildman–Crippen LogP) is 2.36. The molecule has 0 heterocycles. The van der Waals surface area contributed by atoms with Crippen molar-refractivity contribution < 1.29 is 14.3 Å². The lowest BCUT2D eigenvalue weighted by Gasteiger charge is -2.12. The molecule has 0 saturated heterocycles. The lowest BCUT2D eigenvalue weighted by Crippen LogP contribution is -2.26. The van der Waals surface area contributed by atoms with Crippen molar-refractivity contribution >= 4 is 23.3 Å². The van der Waals surface area contributed by atoms with Gasteiger partial charge in [0.2, 0.25) is 0 Å². The molecule has 0 fully saturated rings. The molecular formula is C9H9ClFNO2. The molecule has 1 aromatic carbocycles. The first-order chi connectivity index (χ1) is 6.52. The Bertz CT molecular complexity index is 336. The minimum atomic E-state index is -1.07. The van der Waals surface area contributed by atoms with Crippen molar-refractivity contribution in [2.45, 2.75) is 13.0 Å². The van der Waals surface area contributed by atoms with Crippen LogP contribution in [0.25, 0.3) is 0 Å². The van der Waals surface area contributed by atoms with Gasteiger partial charge < -0.3 is 10.4 Å². The summed E-state index contributed by atoms with van der Waals surface area (Å²) in [5.41, 5.74) is 0.0177. The molecule has 0 amide bonds. The summed E-state index contributed by atoms with van der Waals surface area (Å²) in [4.78, 5) is 10.5. The average molecular weight is 218 g/mol. The summed E-state index contributed by atoms with van der Waals surface area (Å²) in [6.07, 6.45) is 0. The van der Waals surface area contributed by atoms with Crippen LogP contribution in [-0.4, -0.2) is 17.1 Å². The number of anilines is 1. The molecule has 2 N–H and O–H groups in total. The smallest absolute Gasteiger partial charge is 0.325 e. The number of rotatable bonds is 3. The number of halogens is 2. The Morgan fingerprint density at radius 3 is 2.79 bits per heavy atom. The van der Waals surface area contributed by atoms with Gasteiger partial charge in [-0.2, -0.15) is 0 Å². The Kier molecular flexibility index (Phi) is 3.30. The lowest BCUT2D eigenvalue weighted by atomic mass is 10.2. The van der Waals surface area contributed by atoms with E-state index < -0.39 is 17.8 Å². The van der Waals surface area contributed by atoms with Gasteiger partial charge >= 0.3 is 5.97 Å². The van der Waals surface area contributed by atoms with E-state index in [4.69, 9.17) is 16.7 Å². The summed E-state index contributed by atoms with van der Waals surface area (Å²) in [6, 6.07) is 3.27. The van der Waals surface area contributed by atoms with Crippen molar-refractivity contribution in [3.05, 3.63) is 29.0 Å². The molecule has 0 spiro atoms. The number of para-hydroxylation sites is 1. The number of aliphatic carboxylic acids is 1. The van der Waals surface area contributed by atoms with Gasteiger partial charge in [-0.15, -0.1) is 0 Å². The van der Waals surface area contributed by atoms with Gasteiger partial charge in [0.1, 0.15) is 11.9 Å². The Hall–Kier alpha value is -1.29. The van der Waals surface area contributed by atoms with Crippen LogP contribution in [0.15, 0.2) is 18.2 Å². The molecule has 76 valence electrons. The second-order valence-electron chi connectivity index (χ2n) is 2.80. The second-order valence-corrected chi connectivity index (χ2v) is 3.21. The summed E-state index contributed by atoms with van der Waals surface area (Å²) in [5.74, 6) is -1.63. The standard InChI is InChI=1S/C9H9ClFNO2/c1-5(9(13)14)12-8-6(10)3-2-4-7(8)11/h2-5,12H,1H3,(H,13,14). The van der Waals surface area contributed by atoms with Gasteiger partial charge in [0, 0.05) is 0 Å². The van der Waals surface area contributed by atoms with E-state index in [1.807, 2.05) is 0 Å². The number of carboxylic acid groups (broad SMARTS) is 1. The molecule has 0 aromatic heterocycles. The molecule has 0 saturated carbocycles. The maximum Gasteiger partial charge on any atom is 0.325 e. The van der Waals surface area contributed by atoms with E-state index in [-0.39, 0.29) is 10.7 Å². The van der Waals surface area contributed by atoms with Gasteiger partial charge in [0.25, 0.3) is 0 Å². The minimum Gasteiger partial charge on any atom is -0.480 e. The number of hydrogen-bond donors (Lipinski definition) is 2. The monoisotopic (exact) mass is 217 g/mol. The van der Waals surface area contributed by atoms with Crippen LogP contribution < -0.4 is 5.32 Å². The van der Waals surface area contributed by atoms with Crippen molar-refractivity contribution in [1.29, 1.82) is 0 Å². The number of nitrogens with one attached hydrogen (secondary N) is 1. The molecule has 1 rings (SSSR count). The zero-order valence-corrected chi connectivity index (χ0v) is 8.18. The number of hydrogen-bond acceptors (Lipinski definition) is 2. The maximum absolute atomic E-state index is 13.1. The maximum atomic E-state index is 13.1. The molecule has 0 bridgehead atoms. The van der Waals surface area contributed by atoms with Crippen molar-refractivity contribution in [1.82, 2.24) is 0 Å². The average Bonchev–Trinajstić information content (AvgIpc) is 2.11. The first kappa shape index (κ1) is 10.8. The van der Waals surface area contributed by atoms with Gasteiger partial charge in [-0.1, -0.05) is 17.7 Å². The van der Waals surface area contributed by atoms with Gasteiger partial charge in [0.05, 0.1) is 10.7 Å². The molecule has 14 heavy (non-hydrogen) atoms. The first-order valence-corrected chi connectivity index (χ1v) is 4.33. The molecule has 0 radical (unpaired) electrons. The zero-order valence-electron chi connectivity index (χ0n) is 7.42. The Morgan fingerprint density at radius 1 is 1.64 bits per heavy atom. The Morgan fingerprint density at radius 2 is 2.29 bits per heavy atom. The summed E-state index contributed by atoms with van der Waals surface area (Å²) >= 11 is 5.68. The molecule has 1 aromatic rings. The molecule has 0 aliphatic heterocycles. The van der Waals surface area contributed by atoms with E-state index in [0.29, 0.717) is 0 Å². The molecule has 5 heteroatoms. The quantitative estimate of drug-likeness (QED) is 0.817. The van der Waals surface area contributed by atoms with Crippen LogP contribution in [0.5, 0.6) is 0 Å². The van der Waals surface area contributed by atoms with Crippen molar-refractivity contribution in [3.8, 4) is 0 Å². The summed E-state index contributed by atoms with van der Waals surface area (Å²) < 4.78 is 13.1. The number of benzene rings is 1. The molecule has 0 aliphatic rings. The van der Waals surface area contributed by atoms with Gasteiger partial charge in [-0.3, -0.25) is 4.79 Å². The molecule has 3 nitrogen and oxygen atoms in total. The summed E-state index contributed by atoms with van der Waals surface area (Å²) in [5, 5.41) is 11.2. The van der Waals surface area contributed by atoms with Gasteiger partial charge in [-0.05, 0) is 19.1 Å². The Balaban J connectivity index is 2.91. The highest BCUT2D eigenvalue weighted by atomic mass is 35.5. The largest absolute Gasteiger partial charge is 0.480 e. The van der Waals surface area contributed by atoms with Gasteiger partial charge in [-0.25, -0.2) is 4.39 Å². The first-order valence-electron chi connectivity index (χ1n) is 3.95. The van der Waals surface area contributed by atoms with E-state index in [9.17, 15) is 9.18 Å². The molecular weight excluding hydrogens is 209 g/mol. The normalized spacial score (nSPS) is 12.2. The number of carbonyl (C=O) groups is 1. The second kappa shape index (κ2) is 4.28. The van der Waals surface area contributed by atoms with E-state index in [1.165, 1.54) is 25.1 Å². The third kappa shape index (κ3) is 2.35. The van der Waals surface area contributed by atoms with Crippen LogP contribution in [0.3, 0.4) is 0 Å². The minimum absolute atomic E-state index is 0.0177. The van der Waals surface area contributed by atoms with Crippen LogP contribution in [0, 0.1) is 5.82 Å². The van der Waals surface area contributed by atoms with Crippen LogP contribution in [0.2, 0.25) is 5.02 Å². The topological polar surface area (TPSA) is 49.3 Å². The third-order valence-corrected chi connectivity index (χ3v) is 2.01. The third-order valence-electron chi connectivity index (χ3n) is 1.69. The van der Waals surface area contributed by atoms with E-state index >= 15 is 0 Å².